The van der Waals surface area contributed by atoms with Crippen molar-refractivity contribution in [3.8, 4) is 0 Å². The van der Waals surface area contributed by atoms with Crippen LogP contribution in [-0.4, -0.2) is 72.6 Å². The molecule has 0 spiro atoms. The molecule has 2 N–H and O–H groups in total. The van der Waals surface area contributed by atoms with Gasteiger partial charge in [0.15, 0.2) is 11.7 Å². The first kappa shape index (κ1) is 21.6. The number of nitrogens with one attached hydrogen (secondary N) is 2. The number of aliphatic imine (C=N–C) groups is 1. The third-order valence-electron chi connectivity index (χ3n) is 4.46. The molecule has 2 bridgehead atoms. The van der Waals surface area contributed by atoms with E-state index >= 15 is 0 Å². The topological polar surface area (TPSA) is 55.8 Å². The lowest BCUT2D eigenvalue weighted by atomic mass is 10.1. The molecule has 0 amide bonds. The van der Waals surface area contributed by atoms with Crippen LogP contribution in [0, 0.1) is 0 Å². The predicted octanol–water partition coefficient (Wildman–Crippen LogP) is 1.83. The molecule has 3 fully saturated rings. The lowest BCUT2D eigenvalue weighted by Crippen LogP contribution is -2.63. The highest BCUT2D eigenvalue weighted by molar-refractivity contribution is 14.0. The second kappa shape index (κ2) is 9.51. The summed E-state index contributed by atoms with van der Waals surface area (Å²) in [6, 6.07) is 0.447. The van der Waals surface area contributed by atoms with Gasteiger partial charge >= 0.3 is 6.18 Å². The maximum absolute atomic E-state index is 12.6. The van der Waals surface area contributed by atoms with Crippen LogP contribution in [0.2, 0.25) is 0 Å². The van der Waals surface area contributed by atoms with E-state index in [0.29, 0.717) is 23.6 Å². The lowest BCUT2D eigenvalue weighted by Gasteiger charge is -2.47. The number of fused-ring (bicyclic) bond motifs is 3. The average molecular weight is 504 g/mol. The van der Waals surface area contributed by atoms with Gasteiger partial charge in [0.25, 0.3) is 0 Å². The minimum absolute atomic E-state index is 0. The predicted molar refractivity (Wildman–Crippen MR) is 107 cm³/mol. The molecule has 6 nitrogen and oxygen atoms in total. The van der Waals surface area contributed by atoms with E-state index in [2.05, 4.69) is 30.4 Å². The third kappa shape index (κ3) is 5.67. The van der Waals surface area contributed by atoms with Gasteiger partial charge in [-0.1, -0.05) is 0 Å². The van der Waals surface area contributed by atoms with E-state index < -0.39 is 11.9 Å². The van der Waals surface area contributed by atoms with Crippen LogP contribution in [-0.2, 0) is 12.7 Å². The van der Waals surface area contributed by atoms with Crippen LogP contribution in [0.5, 0.6) is 0 Å². The second-order valence-corrected chi connectivity index (χ2v) is 7.13. The number of halogens is 4. The van der Waals surface area contributed by atoms with E-state index in [1.165, 1.54) is 0 Å². The van der Waals surface area contributed by atoms with E-state index in [1.54, 1.807) is 0 Å². The number of hydrogen-bond acceptors (Lipinski definition) is 5. The van der Waals surface area contributed by atoms with Gasteiger partial charge in [-0.05, 0) is 6.92 Å². The molecule has 3 saturated heterocycles. The molecule has 0 saturated carbocycles. The molecule has 0 aromatic carbocycles. The summed E-state index contributed by atoms with van der Waals surface area (Å²) in [5.41, 5.74) is -0.847. The van der Waals surface area contributed by atoms with Crippen LogP contribution in [0.3, 0.4) is 0 Å². The number of thiazole rings is 1. The van der Waals surface area contributed by atoms with Gasteiger partial charge in [0.1, 0.15) is 5.01 Å². The summed E-state index contributed by atoms with van der Waals surface area (Å²) in [6.07, 6.45) is -4.40. The lowest BCUT2D eigenvalue weighted by molar-refractivity contribution is -0.140. The van der Waals surface area contributed by atoms with Crippen LogP contribution in [0.4, 0.5) is 13.2 Å². The van der Waals surface area contributed by atoms with Crippen LogP contribution < -0.4 is 10.6 Å². The van der Waals surface area contributed by atoms with Crippen LogP contribution in [0.1, 0.15) is 17.6 Å². The highest BCUT2D eigenvalue weighted by Crippen LogP contribution is 2.30. The molecule has 0 radical (unpaired) electrons. The van der Waals surface area contributed by atoms with Crippen molar-refractivity contribution in [1.82, 2.24) is 25.4 Å². The van der Waals surface area contributed by atoms with E-state index in [1.807, 2.05) is 6.92 Å². The van der Waals surface area contributed by atoms with E-state index in [4.69, 9.17) is 0 Å². The number of aromatic nitrogens is 1. The third-order valence-corrected chi connectivity index (χ3v) is 5.29. The first-order valence-electron chi connectivity index (χ1n) is 8.46. The molecule has 3 aliphatic rings. The largest absolute Gasteiger partial charge is 0.434 e. The van der Waals surface area contributed by atoms with Gasteiger partial charge in [-0.2, -0.15) is 13.2 Å². The first-order valence-corrected chi connectivity index (χ1v) is 9.34. The Morgan fingerprint density at radius 2 is 2.04 bits per heavy atom. The SMILES string of the molecule is CCNC(=NCc1nc(C(F)(F)F)cs1)NCC1CN2CCN1CC2.I. The quantitative estimate of drug-likeness (QED) is 0.364. The van der Waals surface area contributed by atoms with Crippen LogP contribution in [0.25, 0.3) is 0 Å². The summed E-state index contributed by atoms with van der Waals surface area (Å²) in [6.45, 7) is 9.07. The Bertz CT molecular complexity index is 600. The molecule has 1 unspecified atom stereocenters. The van der Waals surface area contributed by atoms with Crippen molar-refractivity contribution in [1.29, 1.82) is 0 Å². The summed E-state index contributed by atoms with van der Waals surface area (Å²) in [5.74, 6) is 0.615. The zero-order chi connectivity index (χ0) is 17.9. The van der Waals surface area contributed by atoms with Crippen molar-refractivity contribution in [2.75, 3.05) is 45.8 Å². The molecular formula is C15H24F3IN6S. The maximum Gasteiger partial charge on any atom is 0.434 e. The molecule has 1 aromatic heterocycles. The zero-order valence-corrected chi connectivity index (χ0v) is 17.7. The fraction of sp³-hybridized carbons (Fsp3) is 0.733. The Balaban J connectivity index is 0.00000243. The Morgan fingerprint density at radius 1 is 1.31 bits per heavy atom. The van der Waals surface area contributed by atoms with Gasteiger partial charge in [-0.15, -0.1) is 35.3 Å². The van der Waals surface area contributed by atoms with E-state index in [9.17, 15) is 13.2 Å². The second-order valence-electron chi connectivity index (χ2n) is 6.19. The van der Waals surface area contributed by atoms with Crippen molar-refractivity contribution in [2.24, 2.45) is 4.99 Å². The fourth-order valence-electron chi connectivity index (χ4n) is 3.13. The molecule has 1 atom stereocenters. The van der Waals surface area contributed by atoms with Crippen molar-refractivity contribution in [3.05, 3.63) is 16.1 Å². The number of nitrogens with zero attached hydrogens (tertiary/aromatic N) is 4. The van der Waals surface area contributed by atoms with Crippen molar-refractivity contribution in [2.45, 2.75) is 25.7 Å². The van der Waals surface area contributed by atoms with Gasteiger partial charge in [-0.25, -0.2) is 9.98 Å². The van der Waals surface area contributed by atoms with Crippen molar-refractivity contribution >= 4 is 41.3 Å². The smallest absolute Gasteiger partial charge is 0.357 e. The van der Waals surface area contributed by atoms with Crippen molar-refractivity contribution in [3.63, 3.8) is 0 Å². The normalized spacial score (nSPS) is 25.7. The monoisotopic (exact) mass is 504 g/mol. The van der Waals surface area contributed by atoms with Gasteiger partial charge in [0, 0.05) is 57.2 Å². The Labute approximate surface area is 172 Å². The number of rotatable bonds is 5. The first-order chi connectivity index (χ1) is 12.0. The summed E-state index contributed by atoms with van der Waals surface area (Å²) < 4.78 is 37.8. The summed E-state index contributed by atoms with van der Waals surface area (Å²) in [7, 11) is 0. The number of alkyl halides is 3. The number of piperazine rings is 3. The number of guanidine groups is 1. The summed E-state index contributed by atoms with van der Waals surface area (Å²) >= 11 is 0.984. The van der Waals surface area contributed by atoms with Crippen LogP contribution >= 0.6 is 35.3 Å². The van der Waals surface area contributed by atoms with Crippen LogP contribution in [0.15, 0.2) is 10.4 Å². The molecule has 1 aromatic rings. The summed E-state index contributed by atoms with van der Waals surface area (Å²) in [5, 5.41) is 7.83. The average Bonchev–Trinajstić information content (AvgIpc) is 3.08. The molecule has 0 aliphatic carbocycles. The van der Waals surface area contributed by atoms with Gasteiger partial charge in [0.2, 0.25) is 0 Å². The molecule has 4 heterocycles. The van der Waals surface area contributed by atoms with E-state index in [0.717, 1.165) is 56.0 Å². The van der Waals surface area contributed by atoms with Gasteiger partial charge in [-0.3, -0.25) is 9.80 Å². The number of hydrogen-bond donors (Lipinski definition) is 2. The summed E-state index contributed by atoms with van der Waals surface area (Å²) in [4.78, 5) is 12.9. The molecule has 26 heavy (non-hydrogen) atoms. The van der Waals surface area contributed by atoms with Gasteiger partial charge in [0.05, 0.1) is 6.54 Å². The maximum atomic E-state index is 12.6. The molecular weight excluding hydrogens is 480 g/mol. The highest BCUT2D eigenvalue weighted by Gasteiger charge is 2.34. The minimum Gasteiger partial charge on any atom is -0.357 e. The highest BCUT2D eigenvalue weighted by atomic mass is 127. The molecule has 148 valence electrons. The van der Waals surface area contributed by atoms with Gasteiger partial charge < -0.3 is 10.6 Å². The standard InChI is InChI=1S/C15H23F3N6S.HI/c1-2-19-14(20-7-11-9-23-3-5-24(11)6-4-23)21-8-13-22-12(10-25-13)15(16,17)18;/h10-11H,2-9H2,1H3,(H2,19,20,21);1H. The Morgan fingerprint density at radius 3 is 2.58 bits per heavy atom. The van der Waals surface area contributed by atoms with E-state index in [-0.39, 0.29) is 30.5 Å². The Kier molecular flexibility index (Phi) is 7.91. The molecule has 11 heteroatoms. The fourth-order valence-corrected chi connectivity index (χ4v) is 3.86. The zero-order valence-electron chi connectivity index (χ0n) is 14.6. The van der Waals surface area contributed by atoms with Crippen molar-refractivity contribution < 1.29 is 13.2 Å². The molecule has 4 rings (SSSR count). The Hall–Kier alpha value is -0.660. The minimum atomic E-state index is -4.40. The molecule has 3 aliphatic heterocycles.